The van der Waals surface area contributed by atoms with Crippen molar-refractivity contribution in [1.29, 1.82) is 0 Å². The number of carbonyl (C=O) groups is 1. The maximum Gasteiger partial charge on any atom is 0.222 e. The van der Waals surface area contributed by atoms with Crippen molar-refractivity contribution < 1.29 is 9.90 Å². The molecule has 0 aliphatic heterocycles. The van der Waals surface area contributed by atoms with Crippen molar-refractivity contribution in [2.45, 2.75) is 39.2 Å². The fraction of sp³-hybridized carbons (Fsp3) is 0.471. The van der Waals surface area contributed by atoms with Crippen molar-refractivity contribution in [3.8, 4) is 0 Å². The van der Waals surface area contributed by atoms with Crippen LogP contribution in [0.2, 0.25) is 0 Å². The Bertz CT molecular complexity index is 616. The van der Waals surface area contributed by atoms with Gasteiger partial charge in [0.1, 0.15) is 0 Å². The maximum absolute atomic E-state index is 12.1. The summed E-state index contributed by atoms with van der Waals surface area (Å²) in [5.41, 5.74) is 3.53. The van der Waals surface area contributed by atoms with Crippen LogP contribution in [0, 0.1) is 6.92 Å². The molecular weight excluding hydrogens is 264 g/mol. The first-order chi connectivity index (χ1) is 9.97. The summed E-state index contributed by atoms with van der Waals surface area (Å²) in [5.74, 6) is 0.123. The number of aryl methyl sites for hydroxylation is 2. The van der Waals surface area contributed by atoms with E-state index >= 15 is 0 Å². The minimum absolute atomic E-state index is 0.123. The molecule has 2 N–H and O–H groups in total. The Morgan fingerprint density at radius 2 is 2.19 bits per heavy atom. The van der Waals surface area contributed by atoms with Crippen LogP contribution < -0.4 is 0 Å². The predicted molar refractivity (Wildman–Crippen MR) is 85.3 cm³/mol. The van der Waals surface area contributed by atoms with Gasteiger partial charge < -0.3 is 15.0 Å². The summed E-state index contributed by atoms with van der Waals surface area (Å²) in [6.45, 7) is 4.42. The van der Waals surface area contributed by atoms with Crippen LogP contribution in [0.3, 0.4) is 0 Å². The van der Waals surface area contributed by atoms with Gasteiger partial charge in [0.15, 0.2) is 0 Å². The summed E-state index contributed by atoms with van der Waals surface area (Å²) in [6.07, 6.45) is 3.48. The van der Waals surface area contributed by atoms with Crippen molar-refractivity contribution in [3.63, 3.8) is 0 Å². The van der Waals surface area contributed by atoms with Gasteiger partial charge >= 0.3 is 0 Å². The predicted octanol–water partition coefficient (Wildman–Crippen LogP) is 2.64. The Hall–Kier alpha value is -1.81. The number of benzene rings is 1. The van der Waals surface area contributed by atoms with E-state index in [1.807, 2.05) is 6.20 Å². The second kappa shape index (κ2) is 6.76. The van der Waals surface area contributed by atoms with Crippen LogP contribution in [0.1, 0.15) is 30.9 Å². The van der Waals surface area contributed by atoms with E-state index in [4.69, 9.17) is 0 Å². The average Bonchev–Trinajstić information content (AvgIpc) is 2.84. The number of aromatic amines is 1. The summed E-state index contributed by atoms with van der Waals surface area (Å²) < 4.78 is 0. The molecule has 2 rings (SSSR count). The first kappa shape index (κ1) is 15.6. The molecule has 0 spiro atoms. The monoisotopic (exact) mass is 288 g/mol. The number of H-pyrrole nitrogens is 1. The van der Waals surface area contributed by atoms with Gasteiger partial charge in [-0.15, -0.1) is 0 Å². The molecule has 0 aliphatic carbocycles. The van der Waals surface area contributed by atoms with Crippen molar-refractivity contribution in [1.82, 2.24) is 9.88 Å². The van der Waals surface area contributed by atoms with Gasteiger partial charge in [-0.05, 0) is 44.4 Å². The summed E-state index contributed by atoms with van der Waals surface area (Å²) in [5, 5.41) is 10.5. The summed E-state index contributed by atoms with van der Waals surface area (Å²) in [4.78, 5) is 17.0. The molecule has 114 valence electrons. The topological polar surface area (TPSA) is 56.3 Å². The molecule has 0 saturated carbocycles. The van der Waals surface area contributed by atoms with Crippen LogP contribution in [-0.4, -0.2) is 40.6 Å². The highest BCUT2D eigenvalue weighted by atomic mass is 16.3. The van der Waals surface area contributed by atoms with Crippen molar-refractivity contribution in [3.05, 3.63) is 35.5 Å². The zero-order valence-electron chi connectivity index (χ0n) is 13.0. The largest absolute Gasteiger partial charge is 0.393 e. The van der Waals surface area contributed by atoms with Gasteiger partial charge in [0.25, 0.3) is 0 Å². The lowest BCUT2D eigenvalue weighted by Crippen LogP contribution is -2.29. The average molecular weight is 288 g/mol. The highest BCUT2D eigenvalue weighted by molar-refractivity contribution is 5.84. The number of amides is 1. The summed E-state index contributed by atoms with van der Waals surface area (Å²) in [6, 6.07) is 6.31. The van der Waals surface area contributed by atoms with Crippen molar-refractivity contribution in [2.75, 3.05) is 13.6 Å². The fourth-order valence-electron chi connectivity index (χ4n) is 2.44. The van der Waals surface area contributed by atoms with E-state index in [0.29, 0.717) is 19.4 Å². The minimum atomic E-state index is -0.364. The molecule has 0 saturated heterocycles. The lowest BCUT2D eigenvalue weighted by atomic mass is 10.1. The molecular formula is C17H24N2O2. The number of fused-ring (bicyclic) bond motifs is 1. The number of nitrogens with zero attached hydrogens (tertiary/aromatic N) is 1. The van der Waals surface area contributed by atoms with Crippen LogP contribution in [0.4, 0.5) is 0 Å². The first-order valence-electron chi connectivity index (χ1n) is 7.46. The lowest BCUT2D eigenvalue weighted by molar-refractivity contribution is -0.130. The third-order valence-electron chi connectivity index (χ3n) is 3.84. The summed E-state index contributed by atoms with van der Waals surface area (Å²) in [7, 11) is 1.80. The second-order valence-corrected chi connectivity index (χ2v) is 5.82. The number of carbonyl (C=O) groups excluding carboxylic acids is 1. The molecule has 1 unspecified atom stereocenters. The normalized spacial score (nSPS) is 12.6. The lowest BCUT2D eigenvalue weighted by Gasteiger charge is -2.17. The van der Waals surface area contributed by atoms with E-state index < -0.39 is 0 Å². The fourth-order valence-corrected chi connectivity index (χ4v) is 2.44. The highest BCUT2D eigenvalue weighted by Gasteiger charge is 2.11. The van der Waals surface area contributed by atoms with E-state index in [1.54, 1.807) is 18.9 Å². The molecule has 1 atom stereocenters. The molecule has 0 fully saturated rings. The SMILES string of the molecule is Cc1ccc2[nH]cc(CCC(=O)N(C)CCC(C)O)c2c1. The molecule has 2 aromatic rings. The molecule has 1 heterocycles. The molecule has 21 heavy (non-hydrogen) atoms. The Morgan fingerprint density at radius 1 is 1.43 bits per heavy atom. The number of nitrogens with one attached hydrogen (secondary N) is 1. The first-order valence-corrected chi connectivity index (χ1v) is 7.46. The van der Waals surface area contributed by atoms with Gasteiger partial charge in [0.2, 0.25) is 5.91 Å². The Balaban J connectivity index is 1.95. The highest BCUT2D eigenvalue weighted by Crippen LogP contribution is 2.21. The smallest absolute Gasteiger partial charge is 0.222 e. The molecule has 1 aromatic heterocycles. The molecule has 1 amide bonds. The third-order valence-corrected chi connectivity index (χ3v) is 3.84. The Morgan fingerprint density at radius 3 is 2.90 bits per heavy atom. The zero-order chi connectivity index (χ0) is 15.4. The van der Waals surface area contributed by atoms with Crippen LogP contribution in [-0.2, 0) is 11.2 Å². The van der Waals surface area contributed by atoms with Crippen LogP contribution in [0.5, 0.6) is 0 Å². The third kappa shape index (κ3) is 4.08. The zero-order valence-corrected chi connectivity index (χ0v) is 13.0. The second-order valence-electron chi connectivity index (χ2n) is 5.82. The number of aromatic nitrogens is 1. The van der Waals surface area contributed by atoms with Gasteiger partial charge in [0.05, 0.1) is 6.10 Å². The molecule has 0 radical (unpaired) electrons. The van der Waals surface area contributed by atoms with Gasteiger partial charge in [-0.1, -0.05) is 11.6 Å². The van der Waals surface area contributed by atoms with E-state index in [2.05, 4.69) is 30.1 Å². The molecule has 4 heteroatoms. The quantitative estimate of drug-likeness (QED) is 0.858. The Labute approximate surface area is 125 Å². The van der Waals surface area contributed by atoms with Gasteiger partial charge in [-0.3, -0.25) is 4.79 Å². The molecule has 0 bridgehead atoms. The van der Waals surface area contributed by atoms with Crippen LogP contribution >= 0.6 is 0 Å². The van der Waals surface area contributed by atoms with Crippen LogP contribution in [0.25, 0.3) is 10.9 Å². The number of aliphatic hydroxyl groups is 1. The van der Waals surface area contributed by atoms with E-state index in [1.165, 1.54) is 16.5 Å². The van der Waals surface area contributed by atoms with Crippen molar-refractivity contribution >= 4 is 16.8 Å². The number of aliphatic hydroxyl groups excluding tert-OH is 1. The number of rotatable bonds is 6. The van der Waals surface area contributed by atoms with Gasteiger partial charge in [-0.2, -0.15) is 0 Å². The molecule has 1 aromatic carbocycles. The summed E-state index contributed by atoms with van der Waals surface area (Å²) >= 11 is 0. The van der Waals surface area contributed by atoms with E-state index in [9.17, 15) is 9.90 Å². The minimum Gasteiger partial charge on any atom is -0.393 e. The van der Waals surface area contributed by atoms with Gasteiger partial charge in [0, 0.05) is 37.1 Å². The number of hydrogen-bond donors (Lipinski definition) is 2. The standard InChI is InChI=1S/C17H24N2O2/c1-12-4-6-16-15(10-12)14(11-18-16)5-7-17(21)19(3)9-8-13(2)20/h4,6,10-11,13,18,20H,5,7-9H2,1-3H3. The van der Waals surface area contributed by atoms with Crippen molar-refractivity contribution in [2.24, 2.45) is 0 Å². The molecule has 0 aliphatic rings. The maximum atomic E-state index is 12.1. The van der Waals surface area contributed by atoms with Crippen LogP contribution in [0.15, 0.2) is 24.4 Å². The number of hydrogen-bond acceptors (Lipinski definition) is 2. The van der Waals surface area contributed by atoms with Gasteiger partial charge in [-0.25, -0.2) is 0 Å². The van der Waals surface area contributed by atoms with E-state index in [0.717, 1.165) is 11.9 Å². The van der Waals surface area contributed by atoms with E-state index in [-0.39, 0.29) is 12.0 Å². The Kier molecular flexibility index (Phi) is 5.02. The molecule has 4 nitrogen and oxygen atoms in total.